The van der Waals surface area contributed by atoms with E-state index in [1.807, 2.05) is 0 Å². The van der Waals surface area contributed by atoms with E-state index in [0.717, 1.165) is 19.3 Å². The molecular weight excluding hydrogens is 530 g/mol. The first kappa shape index (κ1) is 28.2. The summed E-state index contributed by atoms with van der Waals surface area (Å²) in [5, 5.41) is 18.0. The van der Waals surface area contributed by atoms with Gasteiger partial charge >= 0.3 is 23.7 Å². The monoisotopic (exact) mass is 554 g/mol. The molecule has 0 radical (unpaired) electrons. The van der Waals surface area contributed by atoms with Gasteiger partial charge in [-0.2, -0.15) is 26.3 Å². The van der Waals surface area contributed by atoms with Gasteiger partial charge in [0.25, 0.3) is 11.8 Å². The molecule has 8 nitrogen and oxygen atoms in total. The summed E-state index contributed by atoms with van der Waals surface area (Å²) in [4.78, 5) is 24.4. The normalized spacial score (nSPS) is 16.6. The van der Waals surface area contributed by atoms with Crippen molar-refractivity contribution in [3.63, 3.8) is 0 Å². The minimum absolute atomic E-state index is 0.138. The van der Waals surface area contributed by atoms with Gasteiger partial charge in [0.1, 0.15) is 0 Å². The maximum absolute atomic E-state index is 13.0. The molecule has 208 valence electrons. The van der Waals surface area contributed by atoms with Crippen molar-refractivity contribution in [2.45, 2.75) is 55.8 Å². The molecule has 2 amide bonds. The Kier molecular flexibility index (Phi) is 7.75. The summed E-state index contributed by atoms with van der Waals surface area (Å²) in [6.45, 7) is 0.807. The molecule has 14 heteroatoms. The second kappa shape index (κ2) is 10.7. The fourth-order valence-electron chi connectivity index (χ4n) is 3.98. The summed E-state index contributed by atoms with van der Waals surface area (Å²) in [7, 11) is 0. The average Bonchev–Trinajstić information content (AvgIpc) is 3.80. The van der Waals surface area contributed by atoms with Crippen LogP contribution in [0.1, 0.15) is 63.9 Å². The number of carbonyl (C=O) groups excluding carboxylic acids is 2. The lowest BCUT2D eigenvalue weighted by atomic mass is 10.0. The summed E-state index contributed by atoms with van der Waals surface area (Å²) < 4.78 is 78.2. The Balaban J connectivity index is 1.06. The number of unbranched alkanes of at least 4 members (excludes halogenated alkanes) is 4. The summed E-state index contributed by atoms with van der Waals surface area (Å²) in [5.74, 6) is -0.782. The Bertz CT molecular complexity index is 1150. The smallest absolute Gasteiger partial charge is 0.352 e. The SMILES string of the molecule is O=C(NCCCCCCCNC(=O)c1ccc(C2(C(F)(F)F)N=N2)cc1)c1ccc(C2(C(F)(F)F)N=N2)cc1. The van der Waals surface area contributed by atoms with Crippen molar-refractivity contribution in [1.82, 2.24) is 10.6 Å². The van der Waals surface area contributed by atoms with Gasteiger partial charge in [-0.15, -0.1) is 20.5 Å². The van der Waals surface area contributed by atoms with Gasteiger partial charge in [-0.05, 0) is 37.1 Å². The lowest BCUT2D eigenvalue weighted by Gasteiger charge is -2.15. The van der Waals surface area contributed by atoms with Crippen molar-refractivity contribution in [3.05, 3.63) is 70.8 Å². The second-order valence-electron chi connectivity index (χ2n) is 9.17. The molecule has 2 aliphatic rings. The molecule has 0 bridgehead atoms. The van der Waals surface area contributed by atoms with Crippen LogP contribution in [0.5, 0.6) is 0 Å². The number of hydrogen-bond acceptors (Lipinski definition) is 6. The van der Waals surface area contributed by atoms with E-state index in [-0.39, 0.29) is 22.3 Å². The highest BCUT2D eigenvalue weighted by molar-refractivity contribution is 5.94. The van der Waals surface area contributed by atoms with E-state index in [1.165, 1.54) is 48.5 Å². The van der Waals surface area contributed by atoms with Gasteiger partial charge < -0.3 is 10.6 Å². The van der Waals surface area contributed by atoms with Crippen molar-refractivity contribution in [2.75, 3.05) is 13.1 Å². The number of nitrogens with one attached hydrogen (secondary N) is 2. The fraction of sp³-hybridized carbons (Fsp3) is 0.440. The molecule has 0 saturated heterocycles. The first-order chi connectivity index (χ1) is 18.4. The van der Waals surface area contributed by atoms with E-state index in [1.54, 1.807) is 0 Å². The molecule has 2 heterocycles. The van der Waals surface area contributed by atoms with Gasteiger partial charge in [-0.3, -0.25) is 9.59 Å². The van der Waals surface area contributed by atoms with Crippen LogP contribution in [0.15, 0.2) is 69.0 Å². The molecule has 39 heavy (non-hydrogen) atoms. The third kappa shape index (κ3) is 6.09. The van der Waals surface area contributed by atoms with Gasteiger partial charge in [0.05, 0.1) is 0 Å². The largest absolute Gasteiger partial charge is 0.442 e. The maximum Gasteiger partial charge on any atom is 0.442 e. The molecule has 0 unspecified atom stereocenters. The highest BCUT2D eigenvalue weighted by atomic mass is 19.4. The predicted molar refractivity (Wildman–Crippen MR) is 126 cm³/mol. The number of hydrogen-bond donors (Lipinski definition) is 2. The molecule has 0 atom stereocenters. The minimum atomic E-state index is -4.62. The lowest BCUT2D eigenvalue weighted by molar-refractivity contribution is -0.166. The Morgan fingerprint density at radius 3 is 1.15 bits per heavy atom. The number of rotatable bonds is 12. The zero-order valence-corrected chi connectivity index (χ0v) is 20.4. The molecule has 2 aromatic rings. The molecule has 4 rings (SSSR count). The predicted octanol–water partition coefficient (Wildman–Crippen LogP) is 6.16. The number of alkyl halides is 6. The zero-order chi connectivity index (χ0) is 28.3. The Morgan fingerprint density at radius 2 is 0.872 bits per heavy atom. The summed E-state index contributed by atoms with van der Waals surface area (Å²) in [6, 6.07) is 10.0. The van der Waals surface area contributed by atoms with E-state index >= 15 is 0 Å². The van der Waals surface area contributed by atoms with Crippen LogP contribution in [-0.2, 0) is 11.3 Å². The zero-order valence-electron chi connectivity index (χ0n) is 20.4. The van der Waals surface area contributed by atoms with Crippen molar-refractivity contribution >= 4 is 11.8 Å². The van der Waals surface area contributed by atoms with Crippen LogP contribution >= 0.6 is 0 Å². The molecule has 0 saturated carbocycles. The number of halogens is 6. The van der Waals surface area contributed by atoms with Gasteiger partial charge in [0.2, 0.25) is 0 Å². The van der Waals surface area contributed by atoms with Crippen molar-refractivity contribution in [3.8, 4) is 0 Å². The average molecular weight is 554 g/mol. The van der Waals surface area contributed by atoms with Crippen molar-refractivity contribution in [2.24, 2.45) is 20.5 Å². The molecular formula is C25H24F6N6O2. The lowest BCUT2D eigenvalue weighted by Crippen LogP contribution is -2.30. The van der Waals surface area contributed by atoms with Crippen LogP contribution in [-0.4, -0.2) is 37.3 Å². The molecule has 2 aromatic carbocycles. The van der Waals surface area contributed by atoms with Crippen LogP contribution in [0.2, 0.25) is 0 Å². The van der Waals surface area contributed by atoms with Gasteiger partial charge in [-0.1, -0.05) is 43.5 Å². The number of nitrogens with zero attached hydrogens (tertiary/aromatic N) is 4. The summed E-state index contributed by atoms with van der Waals surface area (Å²) >= 11 is 0. The Labute approximate surface area is 219 Å². The Hall–Kier alpha value is -3.84. The third-order valence-corrected chi connectivity index (χ3v) is 6.41. The van der Waals surface area contributed by atoms with Gasteiger partial charge in [0, 0.05) is 35.3 Å². The van der Waals surface area contributed by atoms with Crippen LogP contribution in [0.25, 0.3) is 0 Å². The molecule has 2 N–H and O–H groups in total. The van der Waals surface area contributed by atoms with E-state index in [9.17, 15) is 35.9 Å². The molecule has 0 fully saturated rings. The molecule has 0 spiro atoms. The molecule has 2 aliphatic heterocycles. The first-order valence-electron chi connectivity index (χ1n) is 12.2. The third-order valence-electron chi connectivity index (χ3n) is 6.41. The molecule has 0 aliphatic carbocycles. The minimum Gasteiger partial charge on any atom is -0.352 e. The van der Waals surface area contributed by atoms with E-state index in [0.29, 0.717) is 25.9 Å². The first-order valence-corrected chi connectivity index (χ1v) is 12.2. The Morgan fingerprint density at radius 1 is 0.564 bits per heavy atom. The number of amides is 2. The highest BCUT2D eigenvalue weighted by Gasteiger charge is 2.65. The molecule has 0 aromatic heterocycles. The van der Waals surface area contributed by atoms with Gasteiger partial charge in [-0.25, -0.2) is 0 Å². The fourth-order valence-corrected chi connectivity index (χ4v) is 3.98. The summed E-state index contributed by atoms with van der Waals surface area (Å²) in [5.41, 5.74) is -4.83. The van der Waals surface area contributed by atoms with Crippen LogP contribution < -0.4 is 10.6 Å². The van der Waals surface area contributed by atoms with E-state index < -0.39 is 35.5 Å². The van der Waals surface area contributed by atoms with Crippen molar-refractivity contribution < 1.29 is 35.9 Å². The number of carbonyl (C=O) groups is 2. The standard InChI is InChI=1S/C25H24F6N6O2/c26-24(27,28)22(34-35-22)18-10-6-16(7-11-18)20(38)32-14-4-2-1-3-5-15-33-21(39)17-8-12-19(13-9-17)23(36-37-23)25(29,30)31/h6-13H,1-5,14-15H2,(H,32,38)(H,33,39). The highest BCUT2D eigenvalue weighted by Crippen LogP contribution is 2.53. The summed E-state index contributed by atoms with van der Waals surface area (Å²) in [6.07, 6.45) is -5.33. The maximum atomic E-state index is 13.0. The van der Waals surface area contributed by atoms with Crippen LogP contribution in [0.3, 0.4) is 0 Å². The van der Waals surface area contributed by atoms with Crippen LogP contribution in [0.4, 0.5) is 26.3 Å². The van der Waals surface area contributed by atoms with Crippen molar-refractivity contribution in [1.29, 1.82) is 0 Å². The quantitative estimate of drug-likeness (QED) is 0.242. The second-order valence-corrected chi connectivity index (χ2v) is 9.17. The number of benzene rings is 2. The topological polar surface area (TPSA) is 108 Å². The van der Waals surface area contributed by atoms with Crippen LogP contribution in [0, 0.1) is 0 Å². The van der Waals surface area contributed by atoms with E-state index in [4.69, 9.17) is 0 Å². The van der Waals surface area contributed by atoms with Gasteiger partial charge in [0.15, 0.2) is 0 Å². The van der Waals surface area contributed by atoms with E-state index in [2.05, 4.69) is 31.1 Å².